The maximum Gasteiger partial charge on any atom is 0.374 e. The van der Waals surface area contributed by atoms with Gasteiger partial charge in [-0.25, -0.2) is 9.59 Å². The van der Waals surface area contributed by atoms with Crippen molar-refractivity contribution in [1.29, 1.82) is 0 Å². The maximum absolute atomic E-state index is 11.6. The van der Waals surface area contributed by atoms with E-state index in [9.17, 15) is 24.6 Å². The number of likely N-dealkylation sites (N-methyl/N-ethyl adjacent to an activating group) is 1. The summed E-state index contributed by atoms with van der Waals surface area (Å²) in [4.78, 5) is 35.4. The van der Waals surface area contributed by atoms with Gasteiger partial charge in [-0.2, -0.15) is 0 Å². The molecule has 0 amide bonds. The molecule has 0 saturated heterocycles. The summed E-state index contributed by atoms with van der Waals surface area (Å²) in [7, 11) is 2.80. The Morgan fingerprint density at radius 2 is 1.24 bits per heavy atom. The molecule has 3 rings (SSSR count). The van der Waals surface area contributed by atoms with Gasteiger partial charge in [0.15, 0.2) is 12.1 Å². The van der Waals surface area contributed by atoms with Gasteiger partial charge in [0.25, 0.3) is 0 Å². The number of carbonyl (C=O) groups is 3. The van der Waals surface area contributed by atoms with Gasteiger partial charge in [-0.05, 0) is 43.4 Å². The van der Waals surface area contributed by atoms with Gasteiger partial charge in [0.2, 0.25) is 17.3 Å². The molecule has 38 heavy (non-hydrogen) atoms. The molecule has 0 aliphatic heterocycles. The van der Waals surface area contributed by atoms with Crippen molar-refractivity contribution in [1.82, 2.24) is 4.90 Å². The van der Waals surface area contributed by atoms with E-state index in [0.717, 1.165) is 4.90 Å². The Bertz CT molecular complexity index is 1010. The molecule has 0 aliphatic carbocycles. The summed E-state index contributed by atoms with van der Waals surface area (Å²) in [5.74, 6) is -1.59. The Balaban J connectivity index is 0.000000308. The molecule has 0 fully saturated rings. The van der Waals surface area contributed by atoms with E-state index in [1.807, 2.05) is 0 Å². The summed E-state index contributed by atoms with van der Waals surface area (Å²) in [5, 5.41) is 28.8. The average Bonchev–Trinajstić information content (AvgIpc) is 3.72. The molecule has 0 aliphatic rings. The van der Waals surface area contributed by atoms with Crippen molar-refractivity contribution in [2.75, 3.05) is 40.6 Å². The number of methoxy groups -OCH3 is 1. The number of hydrogen-bond donors (Lipinski definition) is 3. The molecule has 208 valence electrons. The molecule has 14 heteroatoms. The molecule has 0 bridgehead atoms. The molecule has 0 saturated carbocycles. The van der Waals surface area contributed by atoms with Crippen LogP contribution in [0.2, 0.25) is 0 Å². The quantitative estimate of drug-likeness (QED) is 0.149. The molecule has 3 N–H and O–H groups in total. The fourth-order valence-electron chi connectivity index (χ4n) is 2.54. The predicted octanol–water partition coefficient (Wildman–Crippen LogP) is 0.899. The normalized spacial score (nSPS) is 13.2. The number of Topliss-reactive ketones (excluding diaryl/α,β-unsaturated/α-hetero) is 1. The van der Waals surface area contributed by atoms with Gasteiger partial charge in [-0.1, -0.05) is 0 Å². The largest absolute Gasteiger partial charge is 0.461 e. The van der Waals surface area contributed by atoms with Crippen LogP contribution in [0.25, 0.3) is 0 Å². The number of esters is 2. The number of rotatable bonds is 14. The van der Waals surface area contributed by atoms with E-state index in [-0.39, 0.29) is 36.3 Å². The Hall–Kier alpha value is -3.79. The van der Waals surface area contributed by atoms with Crippen LogP contribution in [0.15, 0.2) is 68.4 Å². The number of carbonyl (C=O) groups excluding carboxylic acids is 3. The zero-order valence-electron chi connectivity index (χ0n) is 20.6. The third-order valence-electron chi connectivity index (χ3n) is 4.62. The Morgan fingerprint density at radius 1 is 0.789 bits per heavy atom. The van der Waals surface area contributed by atoms with Crippen LogP contribution in [-0.4, -0.2) is 97.3 Å². The lowest BCUT2D eigenvalue weighted by Gasteiger charge is -2.27. The number of nitrogens with zero attached hydrogens (tertiary/aromatic N) is 1. The first-order valence-corrected chi connectivity index (χ1v) is 11.1. The van der Waals surface area contributed by atoms with Crippen molar-refractivity contribution in [2.45, 2.75) is 18.7 Å². The molecule has 0 aromatic carbocycles. The first-order valence-electron chi connectivity index (χ1n) is 11.1. The first kappa shape index (κ1) is 30.4. The standard InChI is InChI=1S/C15H17NO8.C9H12O5/c1-16(12(17)8-23-14(19)10-4-2-6-21-10)13(18)9-24-15(20)11-5-3-7-22-11;1-12-6-9(11)14-5-7(10)8-3-2-4-13-8/h2-7,12-13,17-18H,8-9H2,1H3;2-4,9,11H,5-6H2,1H3. The average molecular weight is 539 g/mol. The van der Waals surface area contributed by atoms with Crippen molar-refractivity contribution < 1.29 is 61.9 Å². The summed E-state index contributed by atoms with van der Waals surface area (Å²) < 4.78 is 33.6. The topological polar surface area (TPSA) is 191 Å². The fraction of sp³-hybridized carbons (Fsp3) is 0.375. The molecule has 3 aromatic rings. The van der Waals surface area contributed by atoms with E-state index in [4.69, 9.17) is 32.6 Å². The molecule has 14 nitrogen and oxygen atoms in total. The highest BCUT2D eigenvalue weighted by Gasteiger charge is 2.23. The molecular weight excluding hydrogens is 510 g/mol. The number of aliphatic hydroxyl groups excluding tert-OH is 3. The number of aliphatic hydroxyl groups is 3. The summed E-state index contributed by atoms with van der Waals surface area (Å²) in [6, 6.07) is 9.03. The fourth-order valence-corrected chi connectivity index (χ4v) is 2.54. The highest BCUT2D eigenvalue weighted by molar-refractivity contribution is 5.94. The van der Waals surface area contributed by atoms with Crippen molar-refractivity contribution >= 4 is 17.7 Å². The third kappa shape index (κ3) is 10.3. The van der Waals surface area contributed by atoms with Gasteiger partial charge < -0.3 is 47.5 Å². The first-order chi connectivity index (χ1) is 18.2. The second-order valence-electron chi connectivity index (χ2n) is 7.40. The van der Waals surface area contributed by atoms with Crippen molar-refractivity contribution in [3.63, 3.8) is 0 Å². The lowest BCUT2D eigenvalue weighted by molar-refractivity contribution is -0.123. The number of hydrogen-bond acceptors (Lipinski definition) is 14. The van der Waals surface area contributed by atoms with Crippen LogP contribution < -0.4 is 0 Å². The minimum Gasteiger partial charge on any atom is -0.461 e. The lowest BCUT2D eigenvalue weighted by atomic mass is 10.3. The van der Waals surface area contributed by atoms with Crippen molar-refractivity contribution in [3.8, 4) is 0 Å². The molecule has 0 radical (unpaired) electrons. The van der Waals surface area contributed by atoms with Gasteiger partial charge in [0.05, 0.1) is 25.4 Å². The van der Waals surface area contributed by atoms with Gasteiger partial charge in [-0.15, -0.1) is 0 Å². The van der Waals surface area contributed by atoms with Gasteiger partial charge in [-0.3, -0.25) is 9.69 Å². The van der Waals surface area contributed by atoms with Crippen LogP contribution >= 0.6 is 0 Å². The molecule has 3 heterocycles. The number of ketones is 1. The summed E-state index contributed by atoms with van der Waals surface area (Å²) in [6.07, 6.45) is 0.340. The number of furan rings is 3. The highest BCUT2D eigenvalue weighted by Crippen LogP contribution is 2.07. The minimum atomic E-state index is -1.30. The van der Waals surface area contributed by atoms with Crippen molar-refractivity contribution in [2.24, 2.45) is 0 Å². The van der Waals surface area contributed by atoms with Gasteiger partial charge >= 0.3 is 11.9 Å². The monoisotopic (exact) mass is 539 g/mol. The number of ether oxygens (including phenoxy) is 4. The summed E-state index contributed by atoms with van der Waals surface area (Å²) >= 11 is 0. The summed E-state index contributed by atoms with van der Waals surface area (Å²) in [6.45, 7) is -0.998. The van der Waals surface area contributed by atoms with Crippen molar-refractivity contribution in [3.05, 3.63) is 72.5 Å². The molecule has 3 atom stereocenters. The molecule has 3 unspecified atom stereocenters. The van der Waals surface area contributed by atoms with E-state index in [2.05, 4.69) is 4.74 Å². The molecule has 3 aromatic heterocycles. The Morgan fingerprint density at radius 3 is 1.63 bits per heavy atom. The van der Waals surface area contributed by atoms with E-state index in [1.165, 1.54) is 63.3 Å². The third-order valence-corrected chi connectivity index (χ3v) is 4.62. The maximum atomic E-state index is 11.6. The lowest BCUT2D eigenvalue weighted by Crippen LogP contribution is -2.45. The van der Waals surface area contributed by atoms with Crippen LogP contribution in [0, 0.1) is 0 Å². The molecule has 0 spiro atoms. The van der Waals surface area contributed by atoms with Crippen LogP contribution in [0.4, 0.5) is 0 Å². The zero-order chi connectivity index (χ0) is 27.9. The highest BCUT2D eigenvalue weighted by atomic mass is 16.6. The van der Waals surface area contributed by atoms with Crippen LogP contribution in [0.1, 0.15) is 31.7 Å². The Kier molecular flexibility index (Phi) is 12.9. The van der Waals surface area contributed by atoms with E-state index >= 15 is 0 Å². The second kappa shape index (κ2) is 16.1. The van der Waals surface area contributed by atoms with Gasteiger partial charge in [0.1, 0.15) is 32.3 Å². The SMILES string of the molecule is CN(C(O)COC(=O)c1ccco1)C(O)COC(=O)c1ccco1.COCC(O)OCC(=O)c1ccco1. The smallest absolute Gasteiger partial charge is 0.374 e. The van der Waals surface area contributed by atoms with E-state index < -0.39 is 43.9 Å². The van der Waals surface area contributed by atoms with E-state index in [0.29, 0.717) is 0 Å². The zero-order valence-corrected chi connectivity index (χ0v) is 20.6. The predicted molar refractivity (Wildman–Crippen MR) is 125 cm³/mol. The van der Waals surface area contributed by atoms with Crippen LogP contribution in [-0.2, 0) is 18.9 Å². The molecular formula is C24H29NO13. The Labute approximate surface area is 216 Å². The summed E-state index contributed by atoms with van der Waals surface area (Å²) in [5.41, 5.74) is 0. The van der Waals surface area contributed by atoms with Gasteiger partial charge in [0, 0.05) is 7.11 Å². The van der Waals surface area contributed by atoms with Crippen LogP contribution in [0.5, 0.6) is 0 Å². The second-order valence-corrected chi connectivity index (χ2v) is 7.40. The minimum absolute atomic E-state index is 0.00206. The van der Waals surface area contributed by atoms with E-state index in [1.54, 1.807) is 6.07 Å². The van der Waals surface area contributed by atoms with Crippen LogP contribution in [0.3, 0.4) is 0 Å².